The number of hydrogen-bond acceptors (Lipinski definition) is 2. The maximum Gasteiger partial charge on any atom is 0.401 e. The van der Waals surface area contributed by atoms with E-state index in [-0.39, 0.29) is 0 Å². The lowest BCUT2D eigenvalue weighted by molar-refractivity contribution is -0.148. The van der Waals surface area contributed by atoms with E-state index in [1.54, 1.807) is 0 Å². The summed E-state index contributed by atoms with van der Waals surface area (Å²) in [5.74, 6) is 0.442. The Morgan fingerprint density at radius 3 is 2.44 bits per heavy atom. The molecule has 0 aromatic carbocycles. The smallest absolute Gasteiger partial charge is 0.359 e. The molecule has 0 bridgehead atoms. The van der Waals surface area contributed by atoms with E-state index >= 15 is 0 Å². The Balaban J connectivity index is 2.16. The summed E-state index contributed by atoms with van der Waals surface area (Å²) in [7, 11) is 0. The predicted molar refractivity (Wildman–Crippen MR) is 53.9 cm³/mol. The van der Waals surface area contributed by atoms with E-state index in [1.807, 2.05) is 0 Å². The van der Waals surface area contributed by atoms with Crippen molar-refractivity contribution in [3.63, 3.8) is 0 Å². The van der Waals surface area contributed by atoms with Crippen molar-refractivity contribution in [2.45, 2.75) is 25.4 Å². The molecule has 0 unspecified atom stereocenters. The number of carbonyl (C=O) groups excluding carboxylic acids is 1. The molecule has 0 atom stereocenters. The van der Waals surface area contributed by atoms with Crippen molar-refractivity contribution in [1.29, 1.82) is 0 Å². The lowest BCUT2D eigenvalue weighted by Gasteiger charge is -2.32. The molecule has 0 spiro atoms. The van der Waals surface area contributed by atoms with E-state index < -0.39 is 12.7 Å². The van der Waals surface area contributed by atoms with Crippen LogP contribution in [0, 0.1) is 5.92 Å². The molecule has 1 amide bonds. The van der Waals surface area contributed by atoms with E-state index in [4.69, 9.17) is 0 Å². The molecule has 0 radical (unpaired) electrons. The second kappa shape index (κ2) is 6.08. The highest BCUT2D eigenvalue weighted by Crippen LogP contribution is 2.23. The number of piperidine rings is 1. The number of hydrogen-bond donors (Lipinski definition) is 1. The molecule has 0 saturated carbocycles. The van der Waals surface area contributed by atoms with Gasteiger partial charge in [0.05, 0.1) is 6.54 Å². The van der Waals surface area contributed by atoms with Crippen LogP contribution in [-0.2, 0) is 4.79 Å². The van der Waals surface area contributed by atoms with Crippen LogP contribution in [0.5, 0.6) is 0 Å². The first-order valence-corrected chi connectivity index (χ1v) is 5.47. The number of likely N-dealkylation sites (tertiary alicyclic amines) is 1. The van der Waals surface area contributed by atoms with Crippen molar-refractivity contribution in [3.05, 3.63) is 0 Å². The first-order valence-electron chi connectivity index (χ1n) is 5.47. The Bertz CT molecular complexity index is 213. The van der Waals surface area contributed by atoms with Crippen molar-refractivity contribution in [1.82, 2.24) is 10.2 Å². The van der Waals surface area contributed by atoms with Gasteiger partial charge in [0, 0.05) is 6.54 Å². The van der Waals surface area contributed by atoms with Crippen LogP contribution in [0.15, 0.2) is 0 Å². The zero-order valence-corrected chi connectivity index (χ0v) is 9.09. The number of rotatable bonds is 5. The minimum Gasteiger partial charge on any atom is -0.359 e. The molecule has 3 nitrogen and oxygen atoms in total. The molecule has 1 fully saturated rings. The fourth-order valence-electron chi connectivity index (χ4n) is 2.03. The molecule has 16 heavy (non-hydrogen) atoms. The van der Waals surface area contributed by atoms with Crippen LogP contribution in [0.2, 0.25) is 0 Å². The van der Waals surface area contributed by atoms with Gasteiger partial charge in [-0.3, -0.25) is 9.69 Å². The molecular weight excluding hydrogens is 221 g/mol. The van der Waals surface area contributed by atoms with E-state index in [2.05, 4.69) is 5.32 Å². The molecule has 1 N–H and O–H groups in total. The fourth-order valence-corrected chi connectivity index (χ4v) is 2.03. The molecule has 0 aromatic rings. The zero-order valence-electron chi connectivity index (χ0n) is 9.09. The molecule has 1 aliphatic rings. The lowest BCUT2D eigenvalue weighted by atomic mass is 9.93. The van der Waals surface area contributed by atoms with Crippen molar-refractivity contribution in [2.24, 2.45) is 5.92 Å². The molecule has 1 saturated heterocycles. The van der Waals surface area contributed by atoms with E-state index in [0.717, 1.165) is 19.3 Å². The molecule has 1 rings (SSSR count). The highest BCUT2D eigenvalue weighted by molar-refractivity contribution is 5.45. The predicted octanol–water partition coefficient (Wildman–Crippen LogP) is 1.40. The molecule has 6 heteroatoms. The molecule has 94 valence electrons. The van der Waals surface area contributed by atoms with Gasteiger partial charge in [-0.25, -0.2) is 0 Å². The summed E-state index contributed by atoms with van der Waals surface area (Å²) in [6.45, 7) is 0.830. The SMILES string of the molecule is O=CNCCC1CCN(CC(F)(F)F)CC1. The maximum absolute atomic E-state index is 12.1. The number of nitrogens with one attached hydrogen (secondary N) is 1. The van der Waals surface area contributed by atoms with Crippen LogP contribution in [0.25, 0.3) is 0 Å². The van der Waals surface area contributed by atoms with Crippen molar-refractivity contribution in [2.75, 3.05) is 26.2 Å². The Hall–Kier alpha value is -0.780. The summed E-state index contributed by atoms with van der Waals surface area (Å²) in [6, 6.07) is 0. The number of carbonyl (C=O) groups is 1. The van der Waals surface area contributed by atoms with Crippen LogP contribution in [0.1, 0.15) is 19.3 Å². The molecule has 0 aromatic heterocycles. The second-order valence-electron chi connectivity index (χ2n) is 4.20. The van der Waals surface area contributed by atoms with Gasteiger partial charge in [-0.2, -0.15) is 13.2 Å². The van der Waals surface area contributed by atoms with Gasteiger partial charge >= 0.3 is 6.18 Å². The van der Waals surface area contributed by atoms with Gasteiger partial charge in [0.15, 0.2) is 0 Å². The summed E-state index contributed by atoms with van der Waals surface area (Å²) in [5, 5.41) is 2.57. The van der Waals surface area contributed by atoms with Gasteiger partial charge < -0.3 is 5.32 Å². The van der Waals surface area contributed by atoms with Crippen molar-refractivity contribution in [3.8, 4) is 0 Å². The molecule has 0 aliphatic carbocycles. The molecule has 1 heterocycles. The third-order valence-electron chi connectivity index (χ3n) is 2.89. The molecule has 1 aliphatic heterocycles. The van der Waals surface area contributed by atoms with Gasteiger partial charge in [-0.05, 0) is 38.3 Å². The minimum atomic E-state index is -4.09. The first kappa shape index (κ1) is 13.3. The van der Waals surface area contributed by atoms with Crippen LogP contribution in [-0.4, -0.2) is 43.7 Å². The first-order chi connectivity index (χ1) is 7.51. The molecular formula is C10H17F3N2O. The van der Waals surface area contributed by atoms with Crippen molar-refractivity contribution < 1.29 is 18.0 Å². The van der Waals surface area contributed by atoms with Crippen LogP contribution in [0.3, 0.4) is 0 Å². The standard InChI is InChI=1S/C10H17F3N2O/c11-10(12,13)7-15-5-2-9(3-6-15)1-4-14-8-16/h8-9H,1-7H2,(H,14,16). The number of nitrogens with zero attached hydrogens (tertiary/aromatic N) is 1. The van der Waals surface area contributed by atoms with Gasteiger partial charge in [-0.15, -0.1) is 0 Å². The van der Waals surface area contributed by atoms with E-state index in [9.17, 15) is 18.0 Å². The monoisotopic (exact) mass is 238 g/mol. The van der Waals surface area contributed by atoms with E-state index in [0.29, 0.717) is 32.0 Å². The summed E-state index contributed by atoms with van der Waals surface area (Å²) in [5.41, 5.74) is 0. The number of halogens is 3. The van der Waals surface area contributed by atoms with Crippen LogP contribution < -0.4 is 5.32 Å². The highest BCUT2D eigenvalue weighted by Gasteiger charge is 2.32. The lowest BCUT2D eigenvalue weighted by Crippen LogP contribution is -2.40. The summed E-state index contributed by atoms with van der Waals surface area (Å²) < 4.78 is 36.3. The Morgan fingerprint density at radius 2 is 1.94 bits per heavy atom. The van der Waals surface area contributed by atoms with Gasteiger partial charge in [0.2, 0.25) is 6.41 Å². The third-order valence-corrected chi connectivity index (χ3v) is 2.89. The largest absolute Gasteiger partial charge is 0.401 e. The average molecular weight is 238 g/mol. The van der Waals surface area contributed by atoms with Crippen LogP contribution >= 0.6 is 0 Å². The fraction of sp³-hybridized carbons (Fsp3) is 0.900. The zero-order chi connectivity index (χ0) is 12.0. The second-order valence-corrected chi connectivity index (χ2v) is 4.20. The van der Waals surface area contributed by atoms with Gasteiger partial charge in [-0.1, -0.05) is 0 Å². The Kier molecular flexibility index (Phi) is 5.05. The normalized spacial score (nSPS) is 19.7. The van der Waals surface area contributed by atoms with Crippen LogP contribution in [0.4, 0.5) is 13.2 Å². The summed E-state index contributed by atoms with van der Waals surface area (Å²) >= 11 is 0. The highest BCUT2D eigenvalue weighted by atomic mass is 19.4. The topological polar surface area (TPSA) is 32.3 Å². The quantitative estimate of drug-likeness (QED) is 0.580. The minimum absolute atomic E-state index is 0.442. The average Bonchev–Trinajstić information content (AvgIpc) is 2.19. The van der Waals surface area contributed by atoms with Crippen molar-refractivity contribution >= 4 is 6.41 Å². The van der Waals surface area contributed by atoms with Gasteiger partial charge in [0.1, 0.15) is 0 Å². The number of amides is 1. The van der Waals surface area contributed by atoms with Gasteiger partial charge in [0.25, 0.3) is 0 Å². The Morgan fingerprint density at radius 1 is 1.31 bits per heavy atom. The Labute approximate surface area is 93.0 Å². The maximum atomic E-state index is 12.1. The van der Waals surface area contributed by atoms with E-state index in [1.165, 1.54) is 4.90 Å². The number of alkyl halides is 3. The summed E-state index contributed by atoms with van der Waals surface area (Å²) in [4.78, 5) is 11.5. The third kappa shape index (κ3) is 5.34. The summed E-state index contributed by atoms with van der Waals surface area (Å²) in [6.07, 6.45) is -1.00.